The van der Waals surface area contributed by atoms with Crippen molar-refractivity contribution in [2.24, 2.45) is 0 Å². The van der Waals surface area contributed by atoms with Gasteiger partial charge in [-0.15, -0.1) is 0 Å². The van der Waals surface area contributed by atoms with Crippen molar-refractivity contribution in [2.75, 3.05) is 6.61 Å². The number of benzene rings is 1. The van der Waals surface area contributed by atoms with Gasteiger partial charge in [0.05, 0.1) is 0 Å². The fourth-order valence-corrected chi connectivity index (χ4v) is 2.74. The highest BCUT2D eigenvalue weighted by Crippen LogP contribution is 2.36. The Morgan fingerprint density at radius 2 is 1.89 bits per heavy atom. The Morgan fingerprint density at radius 3 is 2.39 bits per heavy atom. The van der Waals surface area contributed by atoms with Crippen molar-refractivity contribution in [3.63, 3.8) is 0 Å². The van der Waals surface area contributed by atoms with E-state index in [0.29, 0.717) is 13.0 Å². The van der Waals surface area contributed by atoms with Crippen LogP contribution in [0.5, 0.6) is 0 Å². The molecule has 0 N–H and O–H groups in total. The maximum absolute atomic E-state index is 13.6. The molecule has 0 atom stereocenters. The zero-order valence-corrected chi connectivity index (χ0v) is 14.4. The van der Waals surface area contributed by atoms with E-state index in [-0.39, 0.29) is 10.9 Å². The quantitative estimate of drug-likeness (QED) is 0.692. The van der Waals surface area contributed by atoms with Crippen LogP contribution in [-0.4, -0.2) is 14.9 Å². The van der Waals surface area contributed by atoms with Crippen molar-refractivity contribution in [2.45, 2.75) is 45.3 Å². The summed E-state index contributed by atoms with van der Waals surface area (Å²) in [5, 5.41) is 0.200. The summed E-state index contributed by atoms with van der Waals surface area (Å²) in [6, 6.07) is 5.18. The Bertz CT molecular complexity index is 413. The minimum absolute atomic E-state index is 0.164. The Labute approximate surface area is 119 Å². The molecule has 0 unspecified atom stereocenters. The monoisotopic (exact) mass is 332 g/mol. The van der Waals surface area contributed by atoms with E-state index in [9.17, 15) is 4.39 Å². The fourth-order valence-electron chi connectivity index (χ4n) is 1.36. The van der Waals surface area contributed by atoms with Crippen LogP contribution < -0.4 is 0 Å². The molecule has 0 aliphatic carbocycles. The second-order valence-corrected chi connectivity index (χ2v) is 11.8. The van der Waals surface area contributed by atoms with Gasteiger partial charge in [-0.05, 0) is 42.2 Å². The Hall–Kier alpha value is -0.193. The van der Waals surface area contributed by atoms with E-state index in [1.54, 1.807) is 0 Å². The number of halogens is 2. The molecule has 18 heavy (non-hydrogen) atoms. The van der Waals surface area contributed by atoms with Gasteiger partial charge >= 0.3 is 0 Å². The van der Waals surface area contributed by atoms with Crippen LogP contribution in [-0.2, 0) is 10.8 Å². The minimum atomic E-state index is -1.72. The lowest BCUT2D eigenvalue weighted by molar-refractivity contribution is 0.290. The van der Waals surface area contributed by atoms with Gasteiger partial charge in [-0.3, -0.25) is 0 Å². The van der Waals surface area contributed by atoms with E-state index in [1.807, 2.05) is 12.1 Å². The largest absolute Gasteiger partial charge is 0.416 e. The third-order valence-electron chi connectivity index (χ3n) is 3.66. The van der Waals surface area contributed by atoms with Crippen molar-refractivity contribution in [1.82, 2.24) is 0 Å². The van der Waals surface area contributed by atoms with Gasteiger partial charge in [0.25, 0.3) is 0 Å². The second kappa shape index (κ2) is 5.84. The van der Waals surface area contributed by atoms with E-state index in [0.717, 1.165) is 10.0 Å². The van der Waals surface area contributed by atoms with Crippen molar-refractivity contribution in [3.05, 3.63) is 34.1 Å². The SMILES string of the molecule is CC(C)(C)[Si](C)(C)OCCc1ccc(Br)cc1F. The highest BCUT2D eigenvalue weighted by molar-refractivity contribution is 9.10. The molecule has 0 bridgehead atoms. The zero-order valence-electron chi connectivity index (χ0n) is 11.8. The molecule has 4 heteroatoms. The second-order valence-electron chi connectivity index (χ2n) is 6.09. The van der Waals surface area contributed by atoms with E-state index in [4.69, 9.17) is 4.43 Å². The molecular weight excluding hydrogens is 311 g/mol. The molecule has 0 amide bonds. The van der Waals surface area contributed by atoms with Crippen molar-refractivity contribution in [3.8, 4) is 0 Å². The first-order valence-electron chi connectivity index (χ1n) is 6.21. The molecule has 102 valence electrons. The standard InChI is InChI=1S/C14H22BrFOSi/c1-14(2,3)18(4,5)17-9-8-11-6-7-12(15)10-13(11)16/h6-7,10H,8-9H2,1-5H3. The molecule has 0 aliphatic heterocycles. The first-order valence-corrected chi connectivity index (χ1v) is 9.91. The molecule has 0 radical (unpaired) electrons. The molecular formula is C14H22BrFOSi. The van der Waals surface area contributed by atoms with E-state index in [1.165, 1.54) is 6.07 Å². The summed E-state index contributed by atoms with van der Waals surface area (Å²) in [6.07, 6.45) is 0.631. The number of rotatable bonds is 4. The van der Waals surface area contributed by atoms with Crippen LogP contribution in [0.25, 0.3) is 0 Å². The van der Waals surface area contributed by atoms with Gasteiger partial charge in [0, 0.05) is 11.1 Å². The highest BCUT2D eigenvalue weighted by atomic mass is 79.9. The average Bonchev–Trinajstić information content (AvgIpc) is 2.19. The lowest BCUT2D eigenvalue weighted by Crippen LogP contribution is -2.41. The summed E-state index contributed by atoms with van der Waals surface area (Å²) >= 11 is 3.26. The van der Waals surface area contributed by atoms with Gasteiger partial charge in [-0.2, -0.15) is 0 Å². The van der Waals surface area contributed by atoms with Crippen LogP contribution in [0.2, 0.25) is 18.1 Å². The van der Waals surface area contributed by atoms with Gasteiger partial charge in [-0.25, -0.2) is 4.39 Å². The van der Waals surface area contributed by atoms with E-state index < -0.39 is 8.32 Å². The Morgan fingerprint density at radius 1 is 1.28 bits per heavy atom. The molecule has 0 heterocycles. The predicted molar refractivity (Wildman–Crippen MR) is 81.0 cm³/mol. The predicted octanol–water partition coefficient (Wildman–Crippen LogP) is 5.15. The molecule has 0 fully saturated rings. The van der Waals surface area contributed by atoms with Gasteiger partial charge in [-0.1, -0.05) is 42.8 Å². The van der Waals surface area contributed by atoms with Crippen LogP contribution in [0, 0.1) is 5.82 Å². The van der Waals surface area contributed by atoms with Crippen molar-refractivity contribution in [1.29, 1.82) is 0 Å². The van der Waals surface area contributed by atoms with Gasteiger partial charge in [0.15, 0.2) is 8.32 Å². The van der Waals surface area contributed by atoms with Crippen LogP contribution in [0.3, 0.4) is 0 Å². The normalized spacial score (nSPS) is 12.8. The number of hydrogen-bond donors (Lipinski definition) is 0. The van der Waals surface area contributed by atoms with Crippen LogP contribution in [0.4, 0.5) is 4.39 Å². The topological polar surface area (TPSA) is 9.23 Å². The van der Waals surface area contributed by atoms with Crippen LogP contribution >= 0.6 is 15.9 Å². The molecule has 0 saturated carbocycles. The molecule has 0 aliphatic rings. The molecule has 0 saturated heterocycles. The number of hydrogen-bond acceptors (Lipinski definition) is 1. The summed E-state index contributed by atoms with van der Waals surface area (Å²) in [7, 11) is -1.72. The molecule has 1 nitrogen and oxygen atoms in total. The van der Waals surface area contributed by atoms with Gasteiger partial charge < -0.3 is 4.43 Å². The summed E-state index contributed by atoms with van der Waals surface area (Å²) < 4.78 is 20.4. The van der Waals surface area contributed by atoms with Crippen LogP contribution in [0.15, 0.2) is 22.7 Å². The summed E-state index contributed by atoms with van der Waals surface area (Å²) in [5.41, 5.74) is 0.719. The first kappa shape index (κ1) is 15.9. The van der Waals surface area contributed by atoms with Crippen molar-refractivity contribution >= 4 is 24.2 Å². The first-order chi connectivity index (χ1) is 8.13. The zero-order chi connectivity index (χ0) is 14.0. The van der Waals surface area contributed by atoms with Crippen molar-refractivity contribution < 1.29 is 8.82 Å². The highest BCUT2D eigenvalue weighted by Gasteiger charge is 2.36. The third-order valence-corrected chi connectivity index (χ3v) is 8.69. The molecule has 1 aromatic rings. The molecule has 0 aromatic heterocycles. The summed E-state index contributed by atoms with van der Waals surface area (Å²) in [4.78, 5) is 0. The Kier molecular flexibility index (Phi) is 5.15. The fraction of sp³-hybridized carbons (Fsp3) is 0.571. The average molecular weight is 333 g/mol. The summed E-state index contributed by atoms with van der Waals surface area (Å²) in [6.45, 7) is 11.6. The lowest BCUT2D eigenvalue weighted by atomic mass is 10.1. The maximum Gasteiger partial charge on any atom is 0.191 e. The smallest absolute Gasteiger partial charge is 0.191 e. The van der Waals surface area contributed by atoms with Crippen LogP contribution in [0.1, 0.15) is 26.3 Å². The third kappa shape index (κ3) is 4.18. The maximum atomic E-state index is 13.6. The Balaban J connectivity index is 2.57. The van der Waals surface area contributed by atoms with E-state index >= 15 is 0 Å². The van der Waals surface area contributed by atoms with E-state index in [2.05, 4.69) is 49.8 Å². The minimum Gasteiger partial charge on any atom is -0.416 e. The summed E-state index contributed by atoms with van der Waals surface area (Å²) in [5.74, 6) is -0.164. The van der Waals surface area contributed by atoms with Gasteiger partial charge in [0.1, 0.15) is 5.82 Å². The molecule has 0 spiro atoms. The lowest BCUT2D eigenvalue weighted by Gasteiger charge is -2.36. The molecule has 1 aromatic carbocycles. The van der Waals surface area contributed by atoms with Gasteiger partial charge in [0.2, 0.25) is 0 Å². The molecule has 1 rings (SSSR count).